The highest BCUT2D eigenvalue weighted by molar-refractivity contribution is 6.06. The van der Waals surface area contributed by atoms with Gasteiger partial charge in [0.1, 0.15) is 19.8 Å². The molecule has 1 fully saturated rings. The lowest BCUT2D eigenvalue weighted by molar-refractivity contribution is 0.252. The molecule has 0 aromatic carbocycles. The van der Waals surface area contributed by atoms with Crippen LogP contribution < -0.4 is 0 Å². The molecular weight excluding hydrogens is 354 g/mol. The van der Waals surface area contributed by atoms with Crippen molar-refractivity contribution in [2.45, 2.75) is 71.5 Å². The van der Waals surface area contributed by atoms with Crippen LogP contribution in [0.4, 0.5) is 0 Å². The highest BCUT2D eigenvalue weighted by atomic mass is 16.5. The molecule has 0 aromatic heterocycles. The first kappa shape index (κ1) is 19.5. The van der Waals surface area contributed by atoms with E-state index in [2.05, 4.69) is 55.0 Å². The van der Waals surface area contributed by atoms with E-state index in [1.165, 1.54) is 0 Å². The van der Waals surface area contributed by atoms with Gasteiger partial charge in [-0.25, -0.2) is 15.0 Å². The summed E-state index contributed by atoms with van der Waals surface area (Å²) >= 11 is 0. The van der Waals surface area contributed by atoms with E-state index < -0.39 is 0 Å². The van der Waals surface area contributed by atoms with Crippen LogP contribution in [0.25, 0.3) is 0 Å². The molecular formula is C22H33N3O3. The van der Waals surface area contributed by atoms with E-state index in [1.54, 1.807) is 0 Å². The van der Waals surface area contributed by atoms with Gasteiger partial charge in [0.25, 0.3) is 0 Å². The van der Waals surface area contributed by atoms with Crippen LogP contribution >= 0.6 is 0 Å². The number of allylic oxidation sites excluding steroid dienone is 1. The average molecular weight is 388 g/mol. The molecule has 154 valence electrons. The Labute approximate surface area is 168 Å². The fourth-order valence-corrected chi connectivity index (χ4v) is 4.59. The van der Waals surface area contributed by atoms with Crippen LogP contribution in [-0.2, 0) is 14.2 Å². The number of hydrogen-bond acceptors (Lipinski definition) is 6. The lowest BCUT2D eigenvalue weighted by Crippen LogP contribution is -2.24. The Kier molecular flexibility index (Phi) is 4.05. The molecule has 0 unspecified atom stereocenters. The van der Waals surface area contributed by atoms with Crippen molar-refractivity contribution in [3.63, 3.8) is 0 Å². The van der Waals surface area contributed by atoms with Crippen LogP contribution in [0.1, 0.15) is 54.9 Å². The number of hydrogen-bond donors (Lipinski definition) is 0. The Morgan fingerprint density at radius 2 is 1.25 bits per heavy atom. The van der Waals surface area contributed by atoms with Crippen molar-refractivity contribution >= 4 is 17.7 Å². The summed E-state index contributed by atoms with van der Waals surface area (Å²) < 4.78 is 18.3. The fraction of sp³-hybridized carbons (Fsp3) is 0.773. The topological polar surface area (TPSA) is 64.8 Å². The zero-order chi connectivity index (χ0) is 20.5. The highest BCUT2D eigenvalue weighted by Crippen LogP contribution is 2.66. The molecule has 3 aliphatic heterocycles. The molecule has 28 heavy (non-hydrogen) atoms. The molecule has 0 spiro atoms. The molecule has 0 N–H and O–H groups in total. The summed E-state index contributed by atoms with van der Waals surface area (Å²) in [6.07, 6.45) is 0.753. The minimum Gasteiger partial charge on any atom is -0.478 e. The molecule has 0 radical (unpaired) electrons. The second-order valence-electron chi connectivity index (χ2n) is 10.7. The third-order valence-corrected chi connectivity index (χ3v) is 5.80. The molecule has 1 aliphatic carbocycles. The van der Waals surface area contributed by atoms with Gasteiger partial charge in [0.05, 0.1) is 33.9 Å². The maximum Gasteiger partial charge on any atom is 0.192 e. The van der Waals surface area contributed by atoms with E-state index >= 15 is 0 Å². The number of nitrogens with zero attached hydrogens (tertiary/aromatic N) is 3. The van der Waals surface area contributed by atoms with Gasteiger partial charge in [-0.3, -0.25) is 0 Å². The third-order valence-electron chi connectivity index (χ3n) is 5.80. The predicted molar refractivity (Wildman–Crippen MR) is 111 cm³/mol. The zero-order valence-electron chi connectivity index (χ0n) is 18.3. The summed E-state index contributed by atoms with van der Waals surface area (Å²) in [6, 6.07) is 0. The Morgan fingerprint density at radius 3 is 1.57 bits per heavy atom. The van der Waals surface area contributed by atoms with Gasteiger partial charge in [-0.05, 0) is 54.9 Å². The molecule has 4 aliphatic rings. The van der Waals surface area contributed by atoms with E-state index in [1.807, 2.05) is 0 Å². The third kappa shape index (κ3) is 3.15. The number of ether oxygens (including phenoxy) is 3. The van der Waals surface area contributed by atoms with Gasteiger partial charge in [-0.2, -0.15) is 0 Å². The standard InChI is InChI=1S/C22H33N3O3/c1-13(2)9-22(18-25-21(7,8)12-28-18)14(16-23-19(3,4)10-26-16)15(22)17-24-20(5,6)11-27-17/h14-15H,1,9-12H2,2-8H3/t14-,15-/m1/s1. The summed E-state index contributed by atoms with van der Waals surface area (Å²) in [7, 11) is 0. The van der Waals surface area contributed by atoms with E-state index in [4.69, 9.17) is 29.2 Å². The van der Waals surface area contributed by atoms with Crippen molar-refractivity contribution in [3.8, 4) is 0 Å². The molecule has 3 heterocycles. The summed E-state index contributed by atoms with van der Waals surface area (Å²) in [4.78, 5) is 14.7. The minimum absolute atomic E-state index is 0.0197. The van der Waals surface area contributed by atoms with Gasteiger partial charge in [0, 0.05) is 0 Å². The summed E-state index contributed by atoms with van der Waals surface area (Å²) in [5.74, 6) is 2.38. The second kappa shape index (κ2) is 5.83. The SMILES string of the molecule is C=C(C)CC1(C2=NC(C)(C)CO2)[C@@H](C2=NC(C)(C)CO2)[C@@H]1C1=NC(C)(C)CO1. The van der Waals surface area contributed by atoms with Crippen molar-refractivity contribution in [3.05, 3.63) is 12.2 Å². The van der Waals surface area contributed by atoms with Gasteiger partial charge in [-0.15, -0.1) is 6.58 Å². The zero-order valence-corrected chi connectivity index (χ0v) is 18.3. The van der Waals surface area contributed by atoms with Crippen molar-refractivity contribution in [1.82, 2.24) is 0 Å². The van der Waals surface area contributed by atoms with Crippen LogP contribution in [0.3, 0.4) is 0 Å². The van der Waals surface area contributed by atoms with Crippen LogP contribution in [0.2, 0.25) is 0 Å². The van der Waals surface area contributed by atoms with E-state index in [0.717, 1.165) is 29.7 Å². The van der Waals surface area contributed by atoms with Crippen LogP contribution in [0, 0.1) is 17.3 Å². The first-order chi connectivity index (χ1) is 12.9. The Bertz CT molecular complexity index is 764. The summed E-state index contributed by atoms with van der Waals surface area (Å²) in [6.45, 7) is 20.6. The Hall–Kier alpha value is -1.85. The van der Waals surface area contributed by atoms with Gasteiger partial charge >= 0.3 is 0 Å². The molecule has 4 rings (SSSR count). The largest absolute Gasteiger partial charge is 0.478 e. The average Bonchev–Trinajstić information content (AvgIpc) is 2.84. The lowest BCUT2D eigenvalue weighted by atomic mass is 9.92. The predicted octanol–water partition coefficient (Wildman–Crippen LogP) is 3.81. The summed E-state index contributed by atoms with van der Waals surface area (Å²) in [5.41, 5.74) is 0.0427. The molecule has 1 saturated carbocycles. The Morgan fingerprint density at radius 1 is 0.821 bits per heavy atom. The molecule has 6 heteroatoms. The maximum atomic E-state index is 6.17. The minimum atomic E-state index is -0.377. The normalized spacial score (nSPS) is 36.6. The van der Waals surface area contributed by atoms with Crippen molar-refractivity contribution in [2.75, 3.05) is 19.8 Å². The quantitative estimate of drug-likeness (QED) is 0.674. The van der Waals surface area contributed by atoms with Gasteiger partial charge in [0.15, 0.2) is 17.7 Å². The summed E-state index contributed by atoms with van der Waals surface area (Å²) in [5, 5.41) is 0. The molecule has 0 bridgehead atoms. The van der Waals surface area contributed by atoms with E-state index in [-0.39, 0.29) is 33.9 Å². The van der Waals surface area contributed by atoms with Crippen molar-refractivity contribution < 1.29 is 14.2 Å². The molecule has 2 atom stereocenters. The lowest BCUT2D eigenvalue weighted by Gasteiger charge is -2.18. The highest BCUT2D eigenvalue weighted by Gasteiger charge is 2.76. The van der Waals surface area contributed by atoms with E-state index in [0.29, 0.717) is 19.8 Å². The Balaban J connectivity index is 1.80. The smallest absolute Gasteiger partial charge is 0.192 e. The van der Waals surface area contributed by atoms with Crippen LogP contribution in [0.5, 0.6) is 0 Å². The number of rotatable bonds is 5. The molecule has 0 amide bonds. The second-order valence-corrected chi connectivity index (χ2v) is 10.7. The molecule has 0 aromatic rings. The molecule has 6 nitrogen and oxygen atoms in total. The molecule has 0 saturated heterocycles. The van der Waals surface area contributed by atoms with Crippen LogP contribution in [-0.4, -0.2) is 54.1 Å². The van der Waals surface area contributed by atoms with Gasteiger partial charge in [-0.1, -0.05) is 5.57 Å². The first-order valence-electron chi connectivity index (χ1n) is 10.2. The first-order valence-corrected chi connectivity index (χ1v) is 10.2. The van der Waals surface area contributed by atoms with Gasteiger partial charge < -0.3 is 14.2 Å². The monoisotopic (exact) mass is 387 g/mol. The van der Waals surface area contributed by atoms with Crippen LogP contribution in [0.15, 0.2) is 27.1 Å². The van der Waals surface area contributed by atoms with Crippen molar-refractivity contribution in [1.29, 1.82) is 0 Å². The fourth-order valence-electron chi connectivity index (χ4n) is 4.59. The number of aliphatic imine (C=N–C) groups is 3. The van der Waals surface area contributed by atoms with Gasteiger partial charge in [0.2, 0.25) is 0 Å². The van der Waals surface area contributed by atoms with Crippen molar-refractivity contribution in [2.24, 2.45) is 32.2 Å². The van der Waals surface area contributed by atoms with E-state index in [9.17, 15) is 0 Å². The maximum absolute atomic E-state index is 6.17.